The minimum atomic E-state index is -4.21. The maximum Gasteiger partial charge on any atom is 0.264 e. The Morgan fingerprint density at radius 1 is 0.905 bits per heavy atom. The van der Waals surface area contributed by atoms with Crippen molar-refractivity contribution >= 4 is 62.3 Å². The van der Waals surface area contributed by atoms with Crippen LogP contribution < -0.4 is 9.62 Å². The highest BCUT2D eigenvalue weighted by atomic mass is 35.5. The number of hydrogen-bond acceptors (Lipinski definition) is 4. The summed E-state index contributed by atoms with van der Waals surface area (Å²) >= 11 is 19.1. The van der Waals surface area contributed by atoms with Crippen LogP contribution in [0, 0.1) is 0 Å². The minimum Gasteiger partial charge on any atom is -0.352 e. The molecule has 7 nitrogen and oxygen atoms in total. The molecule has 1 saturated carbocycles. The van der Waals surface area contributed by atoms with Crippen molar-refractivity contribution in [2.75, 3.05) is 10.8 Å². The van der Waals surface area contributed by atoms with Crippen molar-refractivity contribution in [3.63, 3.8) is 0 Å². The maximum absolute atomic E-state index is 14.2. The highest BCUT2D eigenvalue weighted by Gasteiger charge is 2.35. The van der Waals surface area contributed by atoms with E-state index in [1.807, 2.05) is 6.92 Å². The van der Waals surface area contributed by atoms with Crippen molar-refractivity contribution in [1.29, 1.82) is 0 Å². The maximum atomic E-state index is 14.2. The second-order valence-electron chi connectivity index (χ2n) is 10.3. The number of amides is 2. The SMILES string of the molecule is CCC(C(=O)NC1CCCCC1)N(Cc1ccc(Cl)cc1Cl)C(=O)CN(c1ccccc1Cl)S(=O)(=O)c1ccccc1. The summed E-state index contributed by atoms with van der Waals surface area (Å²) in [5, 5.41) is 4.06. The average molecular weight is 651 g/mol. The molecule has 2 amide bonds. The molecule has 1 aliphatic rings. The largest absolute Gasteiger partial charge is 0.352 e. The lowest BCUT2D eigenvalue weighted by Crippen LogP contribution is -2.54. The lowest BCUT2D eigenvalue weighted by atomic mass is 9.95. The van der Waals surface area contributed by atoms with Gasteiger partial charge >= 0.3 is 0 Å². The van der Waals surface area contributed by atoms with Gasteiger partial charge in [-0.05, 0) is 61.2 Å². The zero-order valence-electron chi connectivity index (χ0n) is 23.3. The lowest BCUT2D eigenvalue weighted by Gasteiger charge is -2.34. The Bertz CT molecular complexity index is 1500. The summed E-state index contributed by atoms with van der Waals surface area (Å²) in [7, 11) is -4.21. The molecule has 0 aliphatic heterocycles. The molecule has 1 N–H and O–H groups in total. The molecule has 0 aromatic heterocycles. The summed E-state index contributed by atoms with van der Waals surface area (Å²) in [5.74, 6) is -0.857. The molecule has 0 heterocycles. The fourth-order valence-electron chi connectivity index (χ4n) is 5.18. The molecule has 4 rings (SSSR count). The number of carbonyl (C=O) groups is 2. The Balaban J connectivity index is 1.72. The van der Waals surface area contributed by atoms with Crippen LogP contribution in [-0.2, 0) is 26.2 Å². The van der Waals surface area contributed by atoms with E-state index in [0.717, 1.165) is 36.4 Å². The van der Waals surface area contributed by atoms with Gasteiger partial charge in [-0.25, -0.2) is 8.42 Å². The number of carbonyl (C=O) groups excluding carboxylic acids is 2. The molecular formula is C31H34Cl3N3O4S. The van der Waals surface area contributed by atoms with Crippen LogP contribution >= 0.6 is 34.8 Å². The van der Waals surface area contributed by atoms with E-state index in [0.29, 0.717) is 22.0 Å². The van der Waals surface area contributed by atoms with Crippen LogP contribution in [0.3, 0.4) is 0 Å². The number of hydrogen-bond donors (Lipinski definition) is 1. The van der Waals surface area contributed by atoms with Crippen molar-refractivity contribution < 1.29 is 18.0 Å². The van der Waals surface area contributed by atoms with Crippen LogP contribution in [0.1, 0.15) is 51.0 Å². The Labute approximate surface area is 262 Å². The van der Waals surface area contributed by atoms with Crippen LogP contribution in [0.15, 0.2) is 77.7 Å². The van der Waals surface area contributed by atoms with Gasteiger partial charge in [0.1, 0.15) is 12.6 Å². The van der Waals surface area contributed by atoms with Gasteiger partial charge < -0.3 is 10.2 Å². The molecule has 3 aromatic carbocycles. The molecule has 0 bridgehead atoms. The third-order valence-corrected chi connectivity index (χ3v) is 10.1. The molecule has 0 radical (unpaired) electrons. The van der Waals surface area contributed by atoms with Gasteiger partial charge in [0, 0.05) is 22.6 Å². The smallest absolute Gasteiger partial charge is 0.264 e. The molecule has 1 unspecified atom stereocenters. The molecule has 11 heteroatoms. The van der Waals surface area contributed by atoms with Gasteiger partial charge in [0.2, 0.25) is 11.8 Å². The van der Waals surface area contributed by atoms with Gasteiger partial charge in [-0.2, -0.15) is 0 Å². The molecule has 0 saturated heterocycles. The number of nitrogens with zero attached hydrogens (tertiary/aromatic N) is 2. The van der Waals surface area contributed by atoms with Crippen LogP contribution in [-0.4, -0.2) is 43.8 Å². The summed E-state index contributed by atoms with van der Waals surface area (Å²) in [6.45, 7) is 1.22. The first kappa shape index (κ1) is 32.1. The number of para-hydroxylation sites is 1. The standard InChI is InChI=1S/C31H34Cl3N3O4S/c1-2-28(31(39)35-24-11-5-3-6-12-24)36(20-22-17-18-23(32)19-27(22)34)30(38)21-37(29-16-10-9-15-26(29)33)42(40,41)25-13-7-4-8-14-25/h4,7-10,13-19,24,28H,2-3,5-6,11-12,20-21H2,1H3,(H,35,39). The summed E-state index contributed by atoms with van der Waals surface area (Å²) in [5.41, 5.74) is 0.731. The first-order chi connectivity index (χ1) is 20.1. The molecular weight excluding hydrogens is 617 g/mol. The molecule has 3 aromatic rings. The van der Waals surface area contributed by atoms with Crippen molar-refractivity contribution in [3.8, 4) is 0 Å². The van der Waals surface area contributed by atoms with E-state index >= 15 is 0 Å². The van der Waals surface area contributed by atoms with Gasteiger partial charge in [0.25, 0.3) is 10.0 Å². The van der Waals surface area contributed by atoms with Crippen molar-refractivity contribution in [2.24, 2.45) is 0 Å². The molecule has 1 atom stereocenters. The van der Waals surface area contributed by atoms with Gasteiger partial charge in [-0.15, -0.1) is 0 Å². The Morgan fingerprint density at radius 3 is 2.21 bits per heavy atom. The van der Waals surface area contributed by atoms with Crippen molar-refractivity contribution in [2.45, 2.75) is 69.0 Å². The number of nitrogens with one attached hydrogen (secondary N) is 1. The fourth-order valence-corrected chi connectivity index (χ4v) is 7.39. The topological polar surface area (TPSA) is 86.8 Å². The number of halogens is 3. The third kappa shape index (κ3) is 7.78. The van der Waals surface area contributed by atoms with E-state index in [2.05, 4.69) is 5.32 Å². The quantitative estimate of drug-likeness (QED) is 0.240. The van der Waals surface area contributed by atoms with E-state index in [1.165, 1.54) is 17.0 Å². The molecule has 1 fully saturated rings. The number of sulfonamides is 1. The number of anilines is 1. The van der Waals surface area contributed by atoms with Gasteiger partial charge in [-0.3, -0.25) is 13.9 Å². The van der Waals surface area contributed by atoms with E-state index in [4.69, 9.17) is 34.8 Å². The Hall–Kier alpha value is -2.78. The van der Waals surface area contributed by atoms with Crippen molar-refractivity contribution in [3.05, 3.63) is 93.4 Å². The predicted octanol–water partition coefficient (Wildman–Crippen LogP) is 7.10. The number of benzene rings is 3. The fraction of sp³-hybridized carbons (Fsp3) is 0.355. The van der Waals surface area contributed by atoms with Crippen LogP contribution in [0.5, 0.6) is 0 Å². The van der Waals surface area contributed by atoms with Gasteiger partial charge in [0.05, 0.1) is 15.6 Å². The first-order valence-corrected chi connectivity index (χ1v) is 16.5. The van der Waals surface area contributed by atoms with E-state index in [9.17, 15) is 18.0 Å². The molecule has 224 valence electrons. The van der Waals surface area contributed by atoms with Gasteiger partial charge in [0.15, 0.2) is 0 Å². The molecule has 0 spiro atoms. The van der Waals surface area contributed by atoms with Gasteiger partial charge in [-0.1, -0.05) is 97.4 Å². The second-order valence-corrected chi connectivity index (χ2v) is 13.4. The zero-order chi connectivity index (χ0) is 30.3. The normalized spacial score (nSPS) is 14.7. The lowest BCUT2D eigenvalue weighted by molar-refractivity contribution is -0.140. The predicted molar refractivity (Wildman–Crippen MR) is 169 cm³/mol. The second kappa shape index (κ2) is 14.6. The monoisotopic (exact) mass is 649 g/mol. The molecule has 1 aliphatic carbocycles. The van der Waals surface area contributed by atoms with E-state index < -0.39 is 28.5 Å². The summed E-state index contributed by atoms with van der Waals surface area (Å²) in [4.78, 5) is 29.3. The number of rotatable bonds is 11. The summed E-state index contributed by atoms with van der Waals surface area (Å²) in [6, 6.07) is 18.4. The van der Waals surface area contributed by atoms with Crippen molar-refractivity contribution in [1.82, 2.24) is 10.2 Å². The Morgan fingerprint density at radius 2 is 1.57 bits per heavy atom. The average Bonchev–Trinajstić information content (AvgIpc) is 2.98. The summed E-state index contributed by atoms with van der Waals surface area (Å²) < 4.78 is 28.8. The third-order valence-electron chi connectivity index (χ3n) is 7.42. The van der Waals surface area contributed by atoms with Crippen LogP contribution in [0.4, 0.5) is 5.69 Å². The van der Waals surface area contributed by atoms with E-state index in [-0.39, 0.29) is 34.1 Å². The minimum absolute atomic E-state index is 0.00657. The Kier molecular flexibility index (Phi) is 11.2. The van der Waals surface area contributed by atoms with E-state index in [1.54, 1.807) is 60.7 Å². The highest BCUT2D eigenvalue weighted by molar-refractivity contribution is 7.92. The van der Waals surface area contributed by atoms with Crippen LogP contribution in [0.25, 0.3) is 0 Å². The highest BCUT2D eigenvalue weighted by Crippen LogP contribution is 2.31. The molecule has 42 heavy (non-hydrogen) atoms. The summed E-state index contributed by atoms with van der Waals surface area (Å²) in [6.07, 6.45) is 5.29. The van der Waals surface area contributed by atoms with Crippen LogP contribution in [0.2, 0.25) is 15.1 Å². The first-order valence-electron chi connectivity index (χ1n) is 14.0. The zero-order valence-corrected chi connectivity index (χ0v) is 26.4.